The first-order chi connectivity index (χ1) is 12.0. The van der Waals surface area contributed by atoms with E-state index in [1.54, 1.807) is 24.7 Å². The Morgan fingerprint density at radius 3 is 2.64 bits per heavy atom. The normalized spacial score (nSPS) is 15.2. The number of piperazine rings is 1. The molecule has 0 radical (unpaired) electrons. The summed E-state index contributed by atoms with van der Waals surface area (Å²) < 4.78 is 0. The summed E-state index contributed by atoms with van der Waals surface area (Å²) in [6, 6.07) is 3.56. The second-order valence-corrected chi connectivity index (χ2v) is 6.71. The van der Waals surface area contributed by atoms with Crippen LogP contribution in [0, 0.1) is 6.92 Å². The van der Waals surface area contributed by atoms with Crippen molar-refractivity contribution < 1.29 is 4.79 Å². The molecule has 0 bridgehead atoms. The molecule has 132 valence electrons. The molecule has 25 heavy (non-hydrogen) atoms. The minimum atomic E-state index is -0.123. The molecule has 3 rings (SSSR count). The molecular formula is C17H19Cl2N5O. The van der Waals surface area contributed by atoms with Crippen LogP contribution in [0.3, 0.4) is 0 Å². The van der Waals surface area contributed by atoms with E-state index in [-0.39, 0.29) is 5.91 Å². The van der Waals surface area contributed by atoms with Crippen molar-refractivity contribution >= 4 is 40.6 Å². The second kappa shape index (κ2) is 7.99. The van der Waals surface area contributed by atoms with Gasteiger partial charge in [0.1, 0.15) is 5.82 Å². The van der Waals surface area contributed by atoms with Crippen molar-refractivity contribution in [3.8, 4) is 0 Å². The molecule has 1 N–H and O–H groups in total. The van der Waals surface area contributed by atoms with E-state index in [0.29, 0.717) is 22.3 Å². The van der Waals surface area contributed by atoms with Gasteiger partial charge in [0.05, 0.1) is 28.5 Å². The van der Waals surface area contributed by atoms with Crippen LogP contribution in [0.1, 0.15) is 5.56 Å². The summed E-state index contributed by atoms with van der Waals surface area (Å²) in [4.78, 5) is 25.0. The van der Waals surface area contributed by atoms with Gasteiger partial charge in [-0.15, -0.1) is 0 Å². The van der Waals surface area contributed by atoms with Gasteiger partial charge in [-0.1, -0.05) is 29.3 Å². The lowest BCUT2D eigenvalue weighted by molar-refractivity contribution is -0.117. The maximum atomic E-state index is 12.3. The zero-order valence-corrected chi connectivity index (χ0v) is 15.4. The van der Waals surface area contributed by atoms with E-state index < -0.39 is 0 Å². The van der Waals surface area contributed by atoms with Crippen LogP contribution in [-0.4, -0.2) is 53.5 Å². The number of carbonyl (C=O) groups excluding carboxylic acids is 1. The van der Waals surface area contributed by atoms with E-state index in [1.165, 1.54) is 0 Å². The third-order valence-corrected chi connectivity index (χ3v) is 4.96. The van der Waals surface area contributed by atoms with Crippen molar-refractivity contribution in [2.45, 2.75) is 6.92 Å². The number of halogens is 2. The zero-order valence-electron chi connectivity index (χ0n) is 13.9. The van der Waals surface area contributed by atoms with Crippen LogP contribution in [-0.2, 0) is 4.79 Å². The Morgan fingerprint density at radius 1 is 1.20 bits per heavy atom. The predicted octanol–water partition coefficient (Wildman–Crippen LogP) is 2.85. The molecule has 0 atom stereocenters. The van der Waals surface area contributed by atoms with E-state index in [1.807, 2.05) is 13.0 Å². The first kappa shape index (κ1) is 17.9. The van der Waals surface area contributed by atoms with Crippen LogP contribution >= 0.6 is 23.2 Å². The molecule has 1 saturated heterocycles. The minimum absolute atomic E-state index is 0.123. The van der Waals surface area contributed by atoms with Crippen LogP contribution in [0.25, 0.3) is 0 Å². The Labute approximate surface area is 156 Å². The van der Waals surface area contributed by atoms with Crippen LogP contribution in [0.4, 0.5) is 11.5 Å². The number of hydrogen-bond acceptors (Lipinski definition) is 5. The average molecular weight is 380 g/mol. The fourth-order valence-corrected chi connectivity index (χ4v) is 3.21. The Morgan fingerprint density at radius 2 is 1.96 bits per heavy atom. The lowest BCUT2D eigenvalue weighted by Crippen LogP contribution is -2.49. The van der Waals surface area contributed by atoms with Crippen LogP contribution in [0.2, 0.25) is 10.0 Å². The van der Waals surface area contributed by atoms with E-state index in [2.05, 4.69) is 25.1 Å². The second-order valence-electron chi connectivity index (χ2n) is 5.93. The number of nitrogens with one attached hydrogen (secondary N) is 1. The highest BCUT2D eigenvalue weighted by Crippen LogP contribution is 2.32. The van der Waals surface area contributed by atoms with E-state index >= 15 is 0 Å². The van der Waals surface area contributed by atoms with Crippen LogP contribution in [0.5, 0.6) is 0 Å². The molecule has 8 heteroatoms. The molecule has 1 aromatic carbocycles. The summed E-state index contributed by atoms with van der Waals surface area (Å²) in [5.41, 5.74) is 1.35. The number of hydrogen-bond donors (Lipinski definition) is 1. The molecular weight excluding hydrogens is 361 g/mol. The van der Waals surface area contributed by atoms with Crippen molar-refractivity contribution in [1.29, 1.82) is 0 Å². The molecule has 1 fully saturated rings. The van der Waals surface area contributed by atoms with Crippen LogP contribution in [0.15, 0.2) is 30.7 Å². The summed E-state index contributed by atoms with van der Waals surface area (Å²) in [6.45, 7) is 5.34. The number of carbonyl (C=O) groups is 1. The average Bonchev–Trinajstić information content (AvgIpc) is 2.63. The van der Waals surface area contributed by atoms with Gasteiger partial charge in [0.25, 0.3) is 0 Å². The Balaban J connectivity index is 1.54. The molecule has 0 aliphatic carbocycles. The summed E-state index contributed by atoms with van der Waals surface area (Å²) in [6.07, 6.45) is 5.10. The molecule has 0 spiro atoms. The maximum Gasteiger partial charge on any atom is 0.238 e. The molecule has 6 nitrogen and oxygen atoms in total. The summed E-state index contributed by atoms with van der Waals surface area (Å²) in [5, 5.41) is 3.75. The quantitative estimate of drug-likeness (QED) is 0.884. The van der Waals surface area contributed by atoms with Gasteiger partial charge in [0, 0.05) is 38.6 Å². The Kier molecular flexibility index (Phi) is 5.73. The van der Waals surface area contributed by atoms with Gasteiger partial charge >= 0.3 is 0 Å². The number of benzene rings is 1. The van der Waals surface area contributed by atoms with Gasteiger partial charge in [0.2, 0.25) is 5.91 Å². The van der Waals surface area contributed by atoms with Crippen molar-refractivity contribution in [3.63, 3.8) is 0 Å². The number of nitrogens with zero attached hydrogens (tertiary/aromatic N) is 4. The van der Waals surface area contributed by atoms with Crippen molar-refractivity contribution in [2.75, 3.05) is 42.9 Å². The number of aromatic nitrogens is 2. The topological polar surface area (TPSA) is 61.4 Å². The van der Waals surface area contributed by atoms with Crippen molar-refractivity contribution in [3.05, 3.63) is 46.3 Å². The number of amides is 1. The fraction of sp³-hybridized carbons (Fsp3) is 0.353. The summed E-state index contributed by atoms with van der Waals surface area (Å²) in [7, 11) is 0. The Hall–Kier alpha value is -1.89. The zero-order chi connectivity index (χ0) is 17.8. The predicted molar refractivity (Wildman–Crippen MR) is 101 cm³/mol. The number of anilines is 2. The maximum absolute atomic E-state index is 12.3. The molecule has 0 saturated carbocycles. The molecule has 1 amide bonds. The van der Waals surface area contributed by atoms with Crippen molar-refractivity contribution in [1.82, 2.24) is 14.9 Å². The number of aryl methyl sites for hydroxylation is 1. The minimum Gasteiger partial charge on any atom is -0.353 e. The first-order valence-corrected chi connectivity index (χ1v) is 8.78. The fourth-order valence-electron chi connectivity index (χ4n) is 2.74. The molecule has 1 aliphatic rings. The van der Waals surface area contributed by atoms with Gasteiger partial charge in [-0.05, 0) is 18.6 Å². The van der Waals surface area contributed by atoms with Gasteiger partial charge < -0.3 is 10.2 Å². The highest BCUT2D eigenvalue weighted by molar-refractivity contribution is 6.40. The van der Waals surface area contributed by atoms with E-state index in [0.717, 1.165) is 37.6 Å². The monoisotopic (exact) mass is 379 g/mol. The standard InChI is InChI=1S/C17H19Cl2N5O/c1-12-2-3-13(18)17(16(12)19)22-15(25)11-23-6-8-24(9-7-23)14-10-20-4-5-21-14/h2-5,10H,6-9,11H2,1H3,(H,22,25). The smallest absolute Gasteiger partial charge is 0.238 e. The first-order valence-electron chi connectivity index (χ1n) is 8.02. The highest BCUT2D eigenvalue weighted by atomic mass is 35.5. The van der Waals surface area contributed by atoms with Crippen molar-refractivity contribution in [2.24, 2.45) is 0 Å². The molecule has 2 heterocycles. The largest absolute Gasteiger partial charge is 0.353 e. The SMILES string of the molecule is Cc1ccc(Cl)c(NC(=O)CN2CCN(c3cnccn3)CC2)c1Cl. The highest BCUT2D eigenvalue weighted by Gasteiger charge is 2.21. The van der Waals surface area contributed by atoms with Crippen LogP contribution < -0.4 is 10.2 Å². The molecule has 1 aliphatic heterocycles. The van der Waals surface area contributed by atoms with Gasteiger partial charge in [-0.25, -0.2) is 4.98 Å². The Bertz CT molecular complexity index is 748. The summed E-state index contributed by atoms with van der Waals surface area (Å²) >= 11 is 12.4. The van der Waals surface area contributed by atoms with E-state index in [9.17, 15) is 4.79 Å². The molecule has 2 aromatic rings. The third kappa shape index (κ3) is 4.39. The lowest BCUT2D eigenvalue weighted by atomic mass is 10.2. The van der Waals surface area contributed by atoms with Gasteiger partial charge in [-0.2, -0.15) is 0 Å². The third-order valence-electron chi connectivity index (χ3n) is 4.16. The molecule has 0 unspecified atom stereocenters. The van der Waals surface area contributed by atoms with E-state index in [4.69, 9.17) is 23.2 Å². The number of rotatable bonds is 4. The summed E-state index contributed by atoms with van der Waals surface area (Å²) in [5.74, 6) is 0.743. The van der Waals surface area contributed by atoms with Gasteiger partial charge in [-0.3, -0.25) is 14.7 Å². The van der Waals surface area contributed by atoms with Gasteiger partial charge in [0.15, 0.2) is 0 Å². The molecule has 1 aromatic heterocycles. The lowest BCUT2D eigenvalue weighted by Gasteiger charge is -2.34.